The molecule has 3 rings (SSSR count). The lowest BCUT2D eigenvalue weighted by atomic mass is 10.2. The van der Waals surface area contributed by atoms with Crippen LogP contribution in [0, 0.1) is 0 Å². The highest BCUT2D eigenvalue weighted by molar-refractivity contribution is 5.93. The lowest BCUT2D eigenvalue weighted by Gasteiger charge is -2.28. The van der Waals surface area contributed by atoms with E-state index < -0.39 is 0 Å². The van der Waals surface area contributed by atoms with E-state index in [9.17, 15) is 9.59 Å². The minimum atomic E-state index is -0.231. The number of rotatable bonds is 4. The van der Waals surface area contributed by atoms with E-state index in [2.05, 4.69) is 20.2 Å². The van der Waals surface area contributed by atoms with Crippen molar-refractivity contribution in [3.63, 3.8) is 0 Å². The average Bonchev–Trinajstić information content (AvgIpc) is 2.61. The molecule has 2 aromatic heterocycles. The van der Waals surface area contributed by atoms with Crippen molar-refractivity contribution in [2.24, 2.45) is 0 Å². The maximum atomic E-state index is 12.0. The van der Waals surface area contributed by atoms with Crippen molar-refractivity contribution in [3.05, 3.63) is 58.1 Å². The third kappa shape index (κ3) is 3.95. The standard InChI is InChI=1S/C16H18N4O3/c21-15-2-1-13(11-18-15)16(22)19-10-12-3-4-17-14(9-12)20-5-7-23-8-6-20/h1-4,9,11H,5-8,10H2,(H,18,21)(H,19,22). The predicted molar refractivity (Wildman–Crippen MR) is 85.5 cm³/mol. The molecule has 1 aliphatic rings. The summed E-state index contributed by atoms with van der Waals surface area (Å²) in [6.45, 7) is 3.45. The lowest BCUT2D eigenvalue weighted by molar-refractivity contribution is 0.0950. The van der Waals surface area contributed by atoms with Crippen molar-refractivity contribution in [3.8, 4) is 0 Å². The number of carbonyl (C=O) groups excluding carboxylic acids is 1. The summed E-state index contributed by atoms with van der Waals surface area (Å²) in [4.78, 5) is 32.1. The smallest absolute Gasteiger partial charge is 0.253 e. The van der Waals surface area contributed by atoms with E-state index in [0.29, 0.717) is 25.3 Å². The Morgan fingerprint density at radius 3 is 2.87 bits per heavy atom. The largest absolute Gasteiger partial charge is 0.378 e. The zero-order valence-electron chi connectivity index (χ0n) is 12.6. The molecule has 120 valence electrons. The van der Waals surface area contributed by atoms with Crippen LogP contribution in [0.3, 0.4) is 0 Å². The van der Waals surface area contributed by atoms with Gasteiger partial charge in [0.1, 0.15) is 5.82 Å². The Bertz CT molecular complexity index is 718. The number of amides is 1. The summed E-state index contributed by atoms with van der Waals surface area (Å²) in [5.41, 5.74) is 1.16. The molecular formula is C16H18N4O3. The van der Waals surface area contributed by atoms with E-state index in [1.54, 1.807) is 6.20 Å². The normalized spacial score (nSPS) is 14.5. The molecule has 1 saturated heterocycles. The summed E-state index contributed by atoms with van der Waals surface area (Å²) in [5, 5.41) is 2.83. The van der Waals surface area contributed by atoms with Crippen molar-refractivity contribution >= 4 is 11.7 Å². The van der Waals surface area contributed by atoms with Gasteiger partial charge >= 0.3 is 0 Å². The molecule has 0 saturated carbocycles. The number of morpholine rings is 1. The quantitative estimate of drug-likeness (QED) is 0.860. The highest BCUT2D eigenvalue weighted by atomic mass is 16.5. The van der Waals surface area contributed by atoms with Gasteiger partial charge in [-0.05, 0) is 23.8 Å². The number of carbonyl (C=O) groups is 1. The van der Waals surface area contributed by atoms with Crippen LogP contribution in [-0.2, 0) is 11.3 Å². The molecule has 0 aromatic carbocycles. The van der Waals surface area contributed by atoms with Gasteiger partial charge < -0.3 is 19.9 Å². The maximum Gasteiger partial charge on any atom is 0.253 e. The van der Waals surface area contributed by atoms with E-state index in [4.69, 9.17) is 4.74 Å². The van der Waals surface area contributed by atoms with Crippen molar-refractivity contribution in [1.82, 2.24) is 15.3 Å². The predicted octanol–water partition coefficient (Wildman–Crippen LogP) is 0.536. The number of nitrogens with zero attached hydrogens (tertiary/aromatic N) is 2. The Morgan fingerprint density at radius 1 is 1.30 bits per heavy atom. The molecule has 0 unspecified atom stereocenters. The molecule has 0 radical (unpaired) electrons. The topological polar surface area (TPSA) is 87.3 Å². The van der Waals surface area contributed by atoms with Crippen LogP contribution in [0.5, 0.6) is 0 Å². The molecule has 7 heteroatoms. The van der Waals surface area contributed by atoms with Gasteiger partial charge in [-0.1, -0.05) is 0 Å². The Hall–Kier alpha value is -2.67. The van der Waals surface area contributed by atoms with Gasteiger partial charge in [0.25, 0.3) is 5.91 Å². The molecule has 1 aliphatic heterocycles. The van der Waals surface area contributed by atoms with Gasteiger partial charge in [0.15, 0.2) is 0 Å². The number of hydrogen-bond acceptors (Lipinski definition) is 5. The number of hydrogen-bond donors (Lipinski definition) is 2. The van der Waals surface area contributed by atoms with Crippen LogP contribution in [-0.4, -0.2) is 42.2 Å². The molecule has 0 spiro atoms. The lowest BCUT2D eigenvalue weighted by Crippen LogP contribution is -2.36. The molecular weight excluding hydrogens is 296 g/mol. The number of pyridine rings is 2. The maximum absolute atomic E-state index is 12.0. The number of ether oxygens (including phenoxy) is 1. The van der Waals surface area contributed by atoms with Crippen LogP contribution in [0.4, 0.5) is 5.82 Å². The monoisotopic (exact) mass is 314 g/mol. The first kappa shape index (κ1) is 15.2. The van der Waals surface area contributed by atoms with Gasteiger partial charge in [0, 0.05) is 38.1 Å². The number of aromatic nitrogens is 2. The highest BCUT2D eigenvalue weighted by Gasteiger charge is 2.13. The average molecular weight is 314 g/mol. The summed E-state index contributed by atoms with van der Waals surface area (Å²) >= 11 is 0. The second-order valence-electron chi connectivity index (χ2n) is 5.25. The number of anilines is 1. The van der Waals surface area contributed by atoms with E-state index in [-0.39, 0.29) is 11.5 Å². The minimum absolute atomic E-state index is 0.231. The zero-order valence-corrected chi connectivity index (χ0v) is 12.6. The minimum Gasteiger partial charge on any atom is -0.378 e. The summed E-state index contributed by atoms with van der Waals surface area (Å²) in [6, 6.07) is 6.67. The number of H-pyrrole nitrogens is 1. The molecule has 3 heterocycles. The first-order chi connectivity index (χ1) is 11.2. The zero-order chi connectivity index (χ0) is 16.1. The van der Waals surface area contributed by atoms with Gasteiger partial charge in [0.05, 0.1) is 18.8 Å². The van der Waals surface area contributed by atoms with Gasteiger partial charge in [-0.25, -0.2) is 4.98 Å². The molecule has 1 fully saturated rings. The van der Waals surface area contributed by atoms with E-state index in [0.717, 1.165) is 24.5 Å². The molecule has 0 atom stereocenters. The second kappa shape index (κ2) is 7.06. The van der Waals surface area contributed by atoms with Crippen LogP contribution >= 0.6 is 0 Å². The van der Waals surface area contributed by atoms with E-state index >= 15 is 0 Å². The fourth-order valence-corrected chi connectivity index (χ4v) is 2.37. The van der Waals surface area contributed by atoms with Gasteiger partial charge in [-0.2, -0.15) is 0 Å². The fourth-order valence-electron chi connectivity index (χ4n) is 2.37. The first-order valence-corrected chi connectivity index (χ1v) is 7.47. The molecule has 2 aromatic rings. The van der Waals surface area contributed by atoms with Crippen LogP contribution in [0.15, 0.2) is 41.5 Å². The molecule has 2 N–H and O–H groups in total. The summed E-state index contributed by atoms with van der Waals surface area (Å²) in [6.07, 6.45) is 3.15. The van der Waals surface area contributed by atoms with Crippen LogP contribution < -0.4 is 15.8 Å². The van der Waals surface area contributed by atoms with Gasteiger partial charge in [-0.15, -0.1) is 0 Å². The van der Waals surface area contributed by atoms with Crippen molar-refractivity contribution in [2.75, 3.05) is 31.2 Å². The Balaban J connectivity index is 1.62. The van der Waals surface area contributed by atoms with Crippen LogP contribution in [0.25, 0.3) is 0 Å². The summed E-state index contributed by atoms with van der Waals surface area (Å²) in [7, 11) is 0. The van der Waals surface area contributed by atoms with E-state index in [1.165, 1.54) is 18.3 Å². The van der Waals surface area contributed by atoms with Crippen molar-refractivity contribution in [1.29, 1.82) is 0 Å². The molecule has 0 bridgehead atoms. The Kier molecular flexibility index (Phi) is 4.68. The highest BCUT2D eigenvalue weighted by Crippen LogP contribution is 2.14. The van der Waals surface area contributed by atoms with Gasteiger partial charge in [-0.3, -0.25) is 9.59 Å². The van der Waals surface area contributed by atoms with Crippen LogP contribution in [0.2, 0.25) is 0 Å². The van der Waals surface area contributed by atoms with Crippen molar-refractivity contribution < 1.29 is 9.53 Å². The third-order valence-corrected chi connectivity index (χ3v) is 3.64. The third-order valence-electron chi connectivity index (χ3n) is 3.64. The SMILES string of the molecule is O=C(NCc1ccnc(N2CCOCC2)c1)c1ccc(=O)[nH]c1. The Labute approximate surface area is 133 Å². The molecule has 0 aliphatic carbocycles. The molecule has 23 heavy (non-hydrogen) atoms. The number of nitrogens with one attached hydrogen (secondary N) is 2. The second-order valence-corrected chi connectivity index (χ2v) is 5.25. The van der Waals surface area contributed by atoms with Crippen LogP contribution in [0.1, 0.15) is 15.9 Å². The first-order valence-electron chi connectivity index (χ1n) is 7.47. The summed E-state index contributed by atoms with van der Waals surface area (Å²) < 4.78 is 5.34. The molecule has 1 amide bonds. The number of aromatic amines is 1. The van der Waals surface area contributed by atoms with Crippen molar-refractivity contribution in [2.45, 2.75) is 6.54 Å². The fraction of sp³-hybridized carbons (Fsp3) is 0.312. The van der Waals surface area contributed by atoms with E-state index in [1.807, 2.05) is 12.1 Å². The molecule has 7 nitrogen and oxygen atoms in total. The Morgan fingerprint density at radius 2 is 2.13 bits per heavy atom. The summed E-state index contributed by atoms with van der Waals surface area (Å²) in [5.74, 6) is 0.662. The van der Waals surface area contributed by atoms with Gasteiger partial charge in [0.2, 0.25) is 5.56 Å².